The molecule has 2 aromatic carbocycles. The molecule has 4 heteroatoms. The molecular weight excluding hydrogens is 362 g/mol. The van der Waals surface area contributed by atoms with E-state index in [1.807, 2.05) is 12.1 Å². The molecule has 0 saturated heterocycles. The van der Waals surface area contributed by atoms with Crippen LogP contribution in [-0.2, 0) is 17.9 Å². The number of hydrogen-bond acceptors (Lipinski definition) is 4. The summed E-state index contributed by atoms with van der Waals surface area (Å²) in [7, 11) is 3.37. The van der Waals surface area contributed by atoms with E-state index < -0.39 is 0 Å². The van der Waals surface area contributed by atoms with Gasteiger partial charge < -0.3 is 14.2 Å². The first-order valence-corrected chi connectivity index (χ1v) is 10.6. The van der Waals surface area contributed by atoms with Gasteiger partial charge in [0.25, 0.3) is 0 Å². The maximum atomic E-state index is 6.00. The molecule has 0 radical (unpaired) electrons. The predicted octanol–water partition coefficient (Wildman–Crippen LogP) is 5.30. The van der Waals surface area contributed by atoms with Crippen LogP contribution in [0.5, 0.6) is 11.5 Å². The second-order valence-corrected chi connectivity index (χ2v) is 8.53. The van der Waals surface area contributed by atoms with Gasteiger partial charge in [0.15, 0.2) is 11.5 Å². The summed E-state index contributed by atoms with van der Waals surface area (Å²) in [5.74, 6) is 2.04. The monoisotopic (exact) mass is 397 g/mol. The molecule has 1 aliphatic carbocycles. The first kappa shape index (κ1) is 21.7. The molecule has 1 fully saturated rings. The maximum Gasteiger partial charge on any atom is 0.161 e. The molecule has 0 spiro atoms. The Balaban J connectivity index is 1.60. The Hall–Kier alpha value is -2.04. The topological polar surface area (TPSA) is 30.9 Å². The predicted molar refractivity (Wildman–Crippen MR) is 117 cm³/mol. The van der Waals surface area contributed by atoms with Gasteiger partial charge in [-0.3, -0.25) is 4.90 Å². The van der Waals surface area contributed by atoms with Crippen LogP contribution in [0.15, 0.2) is 48.5 Å². The van der Waals surface area contributed by atoms with Crippen molar-refractivity contribution in [2.45, 2.75) is 51.8 Å². The number of rotatable bonds is 11. The lowest BCUT2D eigenvalue weighted by Gasteiger charge is -2.49. The maximum absolute atomic E-state index is 6.00. The van der Waals surface area contributed by atoms with Crippen molar-refractivity contribution in [3.8, 4) is 11.5 Å². The molecule has 3 rings (SSSR count). The minimum absolute atomic E-state index is 0.279. The summed E-state index contributed by atoms with van der Waals surface area (Å²) in [5.41, 5.74) is 2.77. The summed E-state index contributed by atoms with van der Waals surface area (Å²) >= 11 is 0. The van der Waals surface area contributed by atoms with E-state index in [2.05, 4.69) is 55.1 Å². The average Bonchev–Trinajstić information content (AvgIpc) is 2.72. The van der Waals surface area contributed by atoms with Gasteiger partial charge in [-0.1, -0.05) is 43.3 Å². The fraction of sp³-hybridized carbons (Fsp3) is 0.520. The molecule has 2 aromatic rings. The van der Waals surface area contributed by atoms with Crippen molar-refractivity contribution in [3.05, 3.63) is 59.7 Å². The number of ether oxygens (including phenoxy) is 3. The summed E-state index contributed by atoms with van der Waals surface area (Å²) in [5, 5.41) is 0. The van der Waals surface area contributed by atoms with Crippen LogP contribution in [0.1, 0.15) is 44.2 Å². The highest BCUT2D eigenvalue weighted by molar-refractivity contribution is 5.42. The normalized spacial score (nSPS) is 16.3. The zero-order chi connectivity index (χ0) is 20.7. The molecule has 0 heterocycles. The van der Waals surface area contributed by atoms with Gasteiger partial charge in [-0.25, -0.2) is 0 Å². The number of benzene rings is 2. The third-order valence-electron chi connectivity index (χ3n) is 6.06. The summed E-state index contributed by atoms with van der Waals surface area (Å²) in [6.45, 7) is 8.08. The molecular formula is C25H35NO3. The van der Waals surface area contributed by atoms with Gasteiger partial charge in [0, 0.05) is 18.6 Å². The lowest BCUT2D eigenvalue weighted by Crippen LogP contribution is -2.52. The van der Waals surface area contributed by atoms with E-state index in [9.17, 15) is 0 Å². The van der Waals surface area contributed by atoms with Crippen molar-refractivity contribution in [1.29, 1.82) is 0 Å². The third kappa shape index (κ3) is 5.74. The van der Waals surface area contributed by atoms with Crippen molar-refractivity contribution in [2.24, 2.45) is 5.92 Å². The zero-order valence-corrected chi connectivity index (χ0v) is 18.3. The number of methoxy groups -OCH3 is 2. The fourth-order valence-corrected chi connectivity index (χ4v) is 4.06. The van der Waals surface area contributed by atoms with Crippen molar-refractivity contribution >= 4 is 0 Å². The van der Waals surface area contributed by atoms with E-state index in [1.54, 1.807) is 14.2 Å². The van der Waals surface area contributed by atoms with Gasteiger partial charge in [-0.05, 0) is 55.4 Å². The van der Waals surface area contributed by atoms with Crippen LogP contribution >= 0.6 is 0 Å². The largest absolute Gasteiger partial charge is 0.493 e. The first-order chi connectivity index (χ1) is 14.0. The smallest absolute Gasteiger partial charge is 0.161 e. The van der Waals surface area contributed by atoms with E-state index in [4.69, 9.17) is 14.2 Å². The second kappa shape index (κ2) is 10.1. The Morgan fingerprint density at radius 3 is 2.31 bits per heavy atom. The Morgan fingerprint density at radius 2 is 1.69 bits per heavy atom. The molecule has 0 aliphatic heterocycles. The quantitative estimate of drug-likeness (QED) is 0.515. The van der Waals surface area contributed by atoms with Gasteiger partial charge in [-0.2, -0.15) is 0 Å². The van der Waals surface area contributed by atoms with E-state index in [0.29, 0.717) is 12.5 Å². The van der Waals surface area contributed by atoms with E-state index in [0.717, 1.165) is 31.2 Å². The third-order valence-corrected chi connectivity index (χ3v) is 6.06. The van der Waals surface area contributed by atoms with Crippen LogP contribution in [0.2, 0.25) is 0 Å². The van der Waals surface area contributed by atoms with Crippen LogP contribution in [0.4, 0.5) is 0 Å². The standard InChI is InChI=1S/C25H35NO3/c1-20(18-29-19-21-9-6-5-7-10-21)16-26(25(2)13-8-14-25)17-22-11-12-23(27-3)24(15-22)28-4/h5-7,9-12,15,20H,8,13-14,16-19H2,1-4H3/t20-/m0/s1. The van der Waals surface area contributed by atoms with Gasteiger partial charge >= 0.3 is 0 Å². The SMILES string of the molecule is COc1ccc(CN(C[C@H](C)COCc2ccccc2)C2(C)CCC2)cc1OC. The summed E-state index contributed by atoms with van der Waals surface area (Å²) in [6.07, 6.45) is 3.84. The minimum Gasteiger partial charge on any atom is -0.493 e. The molecule has 4 nitrogen and oxygen atoms in total. The molecule has 0 unspecified atom stereocenters. The van der Waals surface area contributed by atoms with Crippen molar-refractivity contribution in [2.75, 3.05) is 27.4 Å². The molecule has 0 bridgehead atoms. The van der Waals surface area contributed by atoms with Crippen LogP contribution in [0.3, 0.4) is 0 Å². The van der Waals surface area contributed by atoms with Crippen LogP contribution in [0.25, 0.3) is 0 Å². The Labute approximate surface area is 175 Å². The van der Waals surface area contributed by atoms with E-state index in [-0.39, 0.29) is 5.54 Å². The first-order valence-electron chi connectivity index (χ1n) is 10.6. The minimum atomic E-state index is 0.279. The number of hydrogen-bond donors (Lipinski definition) is 0. The Kier molecular flexibility index (Phi) is 7.57. The highest BCUT2D eigenvalue weighted by Gasteiger charge is 2.38. The van der Waals surface area contributed by atoms with Crippen molar-refractivity contribution in [1.82, 2.24) is 4.90 Å². The lowest BCUT2D eigenvalue weighted by molar-refractivity contribution is -0.00265. The Bertz CT molecular complexity index is 758. The van der Waals surface area contributed by atoms with Gasteiger partial charge in [-0.15, -0.1) is 0 Å². The van der Waals surface area contributed by atoms with Crippen LogP contribution in [0, 0.1) is 5.92 Å². The van der Waals surface area contributed by atoms with Gasteiger partial charge in [0.2, 0.25) is 0 Å². The molecule has 1 atom stereocenters. The van der Waals surface area contributed by atoms with Crippen LogP contribution < -0.4 is 9.47 Å². The summed E-state index contributed by atoms with van der Waals surface area (Å²) in [6, 6.07) is 16.6. The number of nitrogens with zero attached hydrogens (tertiary/aromatic N) is 1. The lowest BCUT2D eigenvalue weighted by atomic mass is 9.76. The Morgan fingerprint density at radius 1 is 0.966 bits per heavy atom. The molecule has 0 N–H and O–H groups in total. The fourth-order valence-electron chi connectivity index (χ4n) is 4.06. The molecule has 0 aromatic heterocycles. The van der Waals surface area contributed by atoms with Crippen molar-refractivity contribution < 1.29 is 14.2 Å². The van der Waals surface area contributed by atoms with Gasteiger partial charge in [0.05, 0.1) is 27.4 Å². The highest BCUT2D eigenvalue weighted by atomic mass is 16.5. The summed E-state index contributed by atoms with van der Waals surface area (Å²) < 4.78 is 16.9. The summed E-state index contributed by atoms with van der Waals surface area (Å²) in [4.78, 5) is 2.63. The van der Waals surface area contributed by atoms with E-state index in [1.165, 1.54) is 30.4 Å². The second-order valence-electron chi connectivity index (χ2n) is 8.53. The van der Waals surface area contributed by atoms with E-state index >= 15 is 0 Å². The molecule has 29 heavy (non-hydrogen) atoms. The molecule has 0 amide bonds. The molecule has 1 aliphatic rings. The molecule has 158 valence electrons. The van der Waals surface area contributed by atoms with Crippen molar-refractivity contribution in [3.63, 3.8) is 0 Å². The van der Waals surface area contributed by atoms with Gasteiger partial charge in [0.1, 0.15) is 0 Å². The molecule has 1 saturated carbocycles. The zero-order valence-electron chi connectivity index (χ0n) is 18.3. The highest BCUT2D eigenvalue weighted by Crippen LogP contribution is 2.39. The average molecular weight is 398 g/mol. The van der Waals surface area contributed by atoms with Crippen LogP contribution in [-0.4, -0.2) is 37.8 Å².